The predicted octanol–water partition coefficient (Wildman–Crippen LogP) is 10.1. The fraction of sp³-hybridized carbons (Fsp3) is 1.00. The molecular formula is C26H54. The Bertz CT molecular complexity index is 244. The summed E-state index contributed by atoms with van der Waals surface area (Å²) in [5.74, 6) is 2.05. The highest BCUT2D eigenvalue weighted by Crippen LogP contribution is 2.30. The molecule has 0 saturated heterocycles. The summed E-state index contributed by atoms with van der Waals surface area (Å²) < 4.78 is 0. The molecule has 0 heterocycles. The lowest BCUT2D eigenvalue weighted by atomic mass is 9.82. The third kappa shape index (κ3) is 17.4. The van der Waals surface area contributed by atoms with Crippen molar-refractivity contribution in [3.63, 3.8) is 0 Å². The molecule has 2 atom stereocenters. The second kappa shape index (κ2) is 21.3. The number of hydrogen-bond acceptors (Lipinski definition) is 0. The van der Waals surface area contributed by atoms with E-state index in [1.54, 1.807) is 6.42 Å². The molecule has 0 amide bonds. The summed E-state index contributed by atoms with van der Waals surface area (Å²) >= 11 is 0. The first-order chi connectivity index (χ1) is 12.8. The molecule has 0 aliphatic rings. The molecule has 0 fully saturated rings. The molecule has 26 heavy (non-hydrogen) atoms. The van der Waals surface area contributed by atoms with Gasteiger partial charge in [0.1, 0.15) is 0 Å². The van der Waals surface area contributed by atoms with Gasteiger partial charge in [0.05, 0.1) is 0 Å². The second-order valence-electron chi connectivity index (χ2n) is 9.01. The molecule has 0 rings (SSSR count). The van der Waals surface area contributed by atoms with E-state index in [-0.39, 0.29) is 0 Å². The first kappa shape index (κ1) is 26.0. The minimum absolute atomic E-state index is 1.02. The van der Waals surface area contributed by atoms with Crippen molar-refractivity contribution in [2.75, 3.05) is 0 Å². The Labute approximate surface area is 168 Å². The van der Waals surface area contributed by atoms with Gasteiger partial charge in [-0.3, -0.25) is 0 Å². The van der Waals surface area contributed by atoms with Gasteiger partial charge >= 0.3 is 0 Å². The standard InChI is InChI=1S/C26H54/c1-5-9-12-14-16-19-23-26(21-17-11-7-3)24-25(20-8-4)22-18-15-13-10-6-2/h25-26H,5-24H2,1-4H3. The zero-order chi connectivity index (χ0) is 19.3. The van der Waals surface area contributed by atoms with Crippen LogP contribution in [0.5, 0.6) is 0 Å². The third-order valence-electron chi connectivity index (χ3n) is 6.26. The van der Waals surface area contributed by atoms with Gasteiger partial charge in [0.15, 0.2) is 0 Å². The third-order valence-corrected chi connectivity index (χ3v) is 6.26. The van der Waals surface area contributed by atoms with E-state index in [1.165, 1.54) is 122 Å². The normalized spacial score (nSPS) is 13.8. The summed E-state index contributed by atoms with van der Waals surface area (Å²) in [5.41, 5.74) is 0. The van der Waals surface area contributed by atoms with Crippen molar-refractivity contribution >= 4 is 0 Å². The van der Waals surface area contributed by atoms with Gasteiger partial charge < -0.3 is 0 Å². The molecule has 2 unspecified atom stereocenters. The highest BCUT2D eigenvalue weighted by atomic mass is 14.2. The molecule has 0 aromatic carbocycles. The first-order valence-electron chi connectivity index (χ1n) is 12.8. The maximum absolute atomic E-state index is 2.39. The van der Waals surface area contributed by atoms with E-state index in [1.807, 2.05) is 0 Å². The molecule has 0 spiro atoms. The average Bonchev–Trinajstić information content (AvgIpc) is 2.64. The van der Waals surface area contributed by atoms with Gasteiger partial charge in [-0.2, -0.15) is 0 Å². The highest BCUT2D eigenvalue weighted by molar-refractivity contribution is 4.68. The van der Waals surface area contributed by atoms with Crippen molar-refractivity contribution in [3.05, 3.63) is 0 Å². The molecule has 0 saturated carbocycles. The number of rotatable bonds is 21. The molecule has 0 nitrogen and oxygen atoms in total. The van der Waals surface area contributed by atoms with Crippen LogP contribution in [-0.4, -0.2) is 0 Å². The van der Waals surface area contributed by atoms with Gasteiger partial charge in [-0.15, -0.1) is 0 Å². The highest BCUT2D eigenvalue weighted by Gasteiger charge is 2.16. The van der Waals surface area contributed by atoms with Crippen LogP contribution in [0.2, 0.25) is 0 Å². The van der Waals surface area contributed by atoms with Gasteiger partial charge in [0, 0.05) is 0 Å². The monoisotopic (exact) mass is 366 g/mol. The van der Waals surface area contributed by atoms with Crippen molar-refractivity contribution in [2.24, 2.45) is 11.8 Å². The van der Waals surface area contributed by atoms with E-state index >= 15 is 0 Å². The Kier molecular flexibility index (Phi) is 21.3. The first-order valence-corrected chi connectivity index (χ1v) is 12.8. The Morgan fingerprint density at radius 1 is 0.346 bits per heavy atom. The van der Waals surface area contributed by atoms with Gasteiger partial charge in [-0.25, -0.2) is 0 Å². The lowest BCUT2D eigenvalue weighted by molar-refractivity contribution is 0.287. The van der Waals surface area contributed by atoms with Crippen LogP contribution in [-0.2, 0) is 0 Å². The molecule has 0 aromatic rings. The molecule has 0 N–H and O–H groups in total. The van der Waals surface area contributed by atoms with Crippen molar-refractivity contribution in [1.82, 2.24) is 0 Å². The van der Waals surface area contributed by atoms with Crippen LogP contribution in [0.15, 0.2) is 0 Å². The van der Waals surface area contributed by atoms with Crippen LogP contribution < -0.4 is 0 Å². The Balaban J connectivity index is 4.18. The van der Waals surface area contributed by atoms with E-state index in [0.717, 1.165) is 11.8 Å². The molecule has 0 aromatic heterocycles. The van der Waals surface area contributed by atoms with Crippen molar-refractivity contribution in [3.8, 4) is 0 Å². The number of unbranched alkanes of at least 4 members (excludes halogenated alkanes) is 11. The van der Waals surface area contributed by atoms with Crippen LogP contribution >= 0.6 is 0 Å². The van der Waals surface area contributed by atoms with Crippen LogP contribution in [0.1, 0.15) is 156 Å². The molecule has 0 bridgehead atoms. The molecule has 0 radical (unpaired) electrons. The lowest BCUT2D eigenvalue weighted by Gasteiger charge is -2.24. The lowest BCUT2D eigenvalue weighted by Crippen LogP contribution is -2.10. The zero-order valence-electron chi connectivity index (χ0n) is 19.3. The second-order valence-corrected chi connectivity index (χ2v) is 9.01. The Morgan fingerprint density at radius 2 is 0.692 bits per heavy atom. The maximum Gasteiger partial charge on any atom is -0.0412 e. The molecule has 158 valence electrons. The average molecular weight is 367 g/mol. The van der Waals surface area contributed by atoms with Crippen molar-refractivity contribution < 1.29 is 0 Å². The van der Waals surface area contributed by atoms with Crippen LogP contribution in [0.3, 0.4) is 0 Å². The van der Waals surface area contributed by atoms with E-state index < -0.39 is 0 Å². The maximum atomic E-state index is 2.39. The predicted molar refractivity (Wildman–Crippen MR) is 122 cm³/mol. The molecule has 0 aliphatic carbocycles. The van der Waals surface area contributed by atoms with E-state index in [9.17, 15) is 0 Å². The smallest absolute Gasteiger partial charge is 0.0412 e. The molecular weight excluding hydrogens is 312 g/mol. The quantitative estimate of drug-likeness (QED) is 0.177. The number of hydrogen-bond donors (Lipinski definition) is 0. The van der Waals surface area contributed by atoms with E-state index in [4.69, 9.17) is 0 Å². The van der Waals surface area contributed by atoms with Crippen molar-refractivity contribution in [2.45, 2.75) is 156 Å². The minimum atomic E-state index is 1.02. The van der Waals surface area contributed by atoms with Crippen LogP contribution in [0.25, 0.3) is 0 Å². The van der Waals surface area contributed by atoms with E-state index in [2.05, 4.69) is 27.7 Å². The topological polar surface area (TPSA) is 0 Å². The summed E-state index contributed by atoms with van der Waals surface area (Å²) in [7, 11) is 0. The largest absolute Gasteiger partial charge is 0.0654 e. The van der Waals surface area contributed by atoms with Crippen LogP contribution in [0.4, 0.5) is 0 Å². The summed E-state index contributed by atoms with van der Waals surface area (Å²) in [4.78, 5) is 0. The van der Waals surface area contributed by atoms with Crippen LogP contribution in [0, 0.1) is 11.8 Å². The zero-order valence-corrected chi connectivity index (χ0v) is 19.3. The molecule has 0 heteroatoms. The fourth-order valence-corrected chi connectivity index (χ4v) is 4.57. The SMILES string of the molecule is CCCCCCCCC(CCCCC)CC(CCC)CCCCCCC. The van der Waals surface area contributed by atoms with Gasteiger partial charge in [-0.1, -0.05) is 150 Å². The van der Waals surface area contributed by atoms with Gasteiger partial charge in [0.25, 0.3) is 0 Å². The summed E-state index contributed by atoms with van der Waals surface area (Å²) in [6, 6.07) is 0. The van der Waals surface area contributed by atoms with Gasteiger partial charge in [0.2, 0.25) is 0 Å². The van der Waals surface area contributed by atoms with Gasteiger partial charge in [-0.05, 0) is 18.3 Å². The Hall–Kier alpha value is 0. The summed E-state index contributed by atoms with van der Waals surface area (Å²) in [6.07, 6.45) is 29.2. The summed E-state index contributed by atoms with van der Waals surface area (Å²) in [6.45, 7) is 9.38. The Morgan fingerprint density at radius 3 is 1.15 bits per heavy atom. The van der Waals surface area contributed by atoms with E-state index in [0.29, 0.717) is 0 Å². The minimum Gasteiger partial charge on any atom is -0.0654 e. The molecule has 0 aliphatic heterocycles. The summed E-state index contributed by atoms with van der Waals surface area (Å²) in [5, 5.41) is 0. The van der Waals surface area contributed by atoms with Crippen molar-refractivity contribution in [1.29, 1.82) is 0 Å². The fourth-order valence-electron chi connectivity index (χ4n) is 4.57.